The molecule has 0 saturated carbocycles. The first kappa shape index (κ1) is 21.6. The van der Waals surface area contributed by atoms with E-state index in [4.69, 9.17) is 13.9 Å². The average molecular weight is 385 g/mol. The zero-order valence-electron chi connectivity index (χ0n) is 17.0. The molecule has 146 valence electrons. The molecule has 0 unspecified atom stereocenters. The van der Waals surface area contributed by atoms with Crippen molar-refractivity contribution in [2.24, 2.45) is 5.92 Å². The van der Waals surface area contributed by atoms with Crippen LogP contribution in [0.1, 0.15) is 20.8 Å². The van der Waals surface area contributed by atoms with Crippen molar-refractivity contribution in [2.75, 3.05) is 27.1 Å². The molecule has 4 heteroatoms. The predicted octanol–water partition coefficient (Wildman–Crippen LogP) is 3.99. The molecule has 0 heterocycles. The maximum atomic E-state index is 6.90. The Morgan fingerprint density at radius 1 is 0.926 bits per heavy atom. The molecule has 0 fully saturated rings. The summed E-state index contributed by atoms with van der Waals surface area (Å²) in [6, 6.07) is 21.3. The van der Waals surface area contributed by atoms with Gasteiger partial charge in [-0.15, -0.1) is 6.58 Å². The molecule has 0 N–H and O–H groups in total. The molecule has 1 atom stereocenters. The molecule has 0 aliphatic rings. The van der Waals surface area contributed by atoms with Crippen LogP contribution >= 0.6 is 0 Å². The molecule has 0 aliphatic carbocycles. The second-order valence-electron chi connectivity index (χ2n) is 7.75. The highest BCUT2D eigenvalue weighted by atomic mass is 28.4. The van der Waals surface area contributed by atoms with Gasteiger partial charge in [-0.1, -0.05) is 87.5 Å². The van der Waals surface area contributed by atoms with E-state index in [1.165, 1.54) is 10.4 Å². The molecule has 2 rings (SSSR count). The monoisotopic (exact) mass is 384 g/mol. The van der Waals surface area contributed by atoms with Gasteiger partial charge in [-0.2, -0.15) is 0 Å². The van der Waals surface area contributed by atoms with Crippen LogP contribution in [0.4, 0.5) is 0 Å². The number of methoxy groups -OCH3 is 1. The second-order valence-corrected chi connectivity index (χ2v) is 12.1. The summed E-state index contributed by atoms with van der Waals surface area (Å²) >= 11 is 0. The standard InChI is InChI=1S/C23H32O3Si/c1-6-20(17-25-19-24-5)18-26-27(23(2,3)4,21-13-9-7-10-14-21)22-15-11-8-12-16-22/h6-16,20H,1,17-19H2,2-5H3/t20-/m1/s1. The van der Waals surface area contributed by atoms with Crippen molar-refractivity contribution in [1.82, 2.24) is 0 Å². The van der Waals surface area contributed by atoms with E-state index in [0.29, 0.717) is 13.2 Å². The Balaban J connectivity index is 2.41. The minimum atomic E-state index is -2.51. The summed E-state index contributed by atoms with van der Waals surface area (Å²) in [5.41, 5.74) is 0. The first-order chi connectivity index (χ1) is 13.0. The number of benzene rings is 2. The van der Waals surface area contributed by atoms with Crippen LogP contribution in [0, 0.1) is 5.92 Å². The lowest BCUT2D eigenvalue weighted by Crippen LogP contribution is -2.67. The average Bonchev–Trinajstić information content (AvgIpc) is 2.67. The Morgan fingerprint density at radius 3 is 1.85 bits per heavy atom. The van der Waals surface area contributed by atoms with Crippen molar-refractivity contribution in [3.8, 4) is 0 Å². The van der Waals surface area contributed by atoms with Crippen molar-refractivity contribution in [2.45, 2.75) is 25.8 Å². The van der Waals surface area contributed by atoms with E-state index < -0.39 is 8.32 Å². The zero-order chi connectivity index (χ0) is 19.8. The Bertz CT molecular complexity index is 640. The highest BCUT2D eigenvalue weighted by Crippen LogP contribution is 2.37. The lowest BCUT2D eigenvalue weighted by atomic mass is 10.2. The van der Waals surface area contributed by atoms with Crippen LogP contribution in [0.25, 0.3) is 0 Å². The summed E-state index contributed by atoms with van der Waals surface area (Å²) in [5.74, 6) is 0.113. The first-order valence-corrected chi connectivity index (χ1v) is 11.3. The third-order valence-electron chi connectivity index (χ3n) is 4.80. The van der Waals surface area contributed by atoms with Crippen LogP contribution in [0.5, 0.6) is 0 Å². The van der Waals surface area contributed by atoms with Gasteiger partial charge in [-0.05, 0) is 15.4 Å². The molecule has 0 saturated heterocycles. The van der Waals surface area contributed by atoms with Crippen LogP contribution in [-0.2, 0) is 13.9 Å². The molecule has 27 heavy (non-hydrogen) atoms. The van der Waals surface area contributed by atoms with E-state index >= 15 is 0 Å². The number of ether oxygens (including phenoxy) is 2. The highest BCUT2D eigenvalue weighted by molar-refractivity contribution is 6.99. The molecule has 2 aromatic carbocycles. The van der Waals surface area contributed by atoms with Gasteiger partial charge in [0.05, 0.1) is 6.61 Å². The van der Waals surface area contributed by atoms with Gasteiger partial charge in [0.15, 0.2) is 0 Å². The smallest absolute Gasteiger partial charge is 0.261 e. The van der Waals surface area contributed by atoms with Gasteiger partial charge >= 0.3 is 0 Å². The third-order valence-corrected chi connectivity index (χ3v) is 9.80. The van der Waals surface area contributed by atoms with Gasteiger partial charge in [0.1, 0.15) is 6.79 Å². The van der Waals surface area contributed by atoms with Crippen LogP contribution in [-0.4, -0.2) is 35.4 Å². The summed E-state index contributed by atoms with van der Waals surface area (Å²) in [6.45, 7) is 12.2. The lowest BCUT2D eigenvalue weighted by Gasteiger charge is -2.43. The van der Waals surface area contributed by atoms with E-state index in [9.17, 15) is 0 Å². The molecular weight excluding hydrogens is 352 g/mol. The maximum absolute atomic E-state index is 6.90. The van der Waals surface area contributed by atoms with Crippen LogP contribution < -0.4 is 10.4 Å². The van der Waals surface area contributed by atoms with Crippen molar-refractivity contribution < 1.29 is 13.9 Å². The largest absolute Gasteiger partial charge is 0.407 e. The third kappa shape index (κ3) is 5.17. The van der Waals surface area contributed by atoms with Crippen molar-refractivity contribution in [3.63, 3.8) is 0 Å². The van der Waals surface area contributed by atoms with Gasteiger partial charge < -0.3 is 13.9 Å². The molecule has 0 amide bonds. The van der Waals surface area contributed by atoms with Crippen molar-refractivity contribution >= 4 is 18.7 Å². The predicted molar refractivity (Wildman–Crippen MR) is 115 cm³/mol. The van der Waals surface area contributed by atoms with E-state index in [2.05, 4.69) is 88.0 Å². The van der Waals surface area contributed by atoms with Crippen LogP contribution in [0.15, 0.2) is 73.3 Å². The Hall–Kier alpha value is -1.72. The van der Waals surface area contributed by atoms with Gasteiger partial charge in [-0.25, -0.2) is 0 Å². The molecule has 0 bridgehead atoms. The molecule has 3 nitrogen and oxygen atoms in total. The summed E-state index contributed by atoms with van der Waals surface area (Å²) in [7, 11) is -0.884. The minimum absolute atomic E-state index is 0.0329. The quantitative estimate of drug-likeness (QED) is 0.268. The molecule has 0 aliphatic heterocycles. The molecule has 2 aromatic rings. The fourth-order valence-corrected chi connectivity index (χ4v) is 8.08. The van der Waals surface area contributed by atoms with E-state index in [0.717, 1.165) is 0 Å². The van der Waals surface area contributed by atoms with Crippen molar-refractivity contribution in [1.29, 1.82) is 0 Å². The normalized spacial score (nSPS) is 13.3. The van der Waals surface area contributed by atoms with E-state index in [-0.39, 0.29) is 17.7 Å². The summed E-state index contributed by atoms with van der Waals surface area (Å²) < 4.78 is 17.4. The topological polar surface area (TPSA) is 27.7 Å². The Kier molecular flexibility index (Phi) is 7.99. The maximum Gasteiger partial charge on any atom is 0.261 e. The van der Waals surface area contributed by atoms with E-state index in [1.54, 1.807) is 7.11 Å². The molecular formula is C23H32O3Si. The second kappa shape index (κ2) is 9.99. The Labute approximate surface area is 165 Å². The summed E-state index contributed by atoms with van der Waals surface area (Å²) in [5, 5.41) is 2.53. The first-order valence-electron chi connectivity index (χ1n) is 9.40. The lowest BCUT2D eigenvalue weighted by molar-refractivity contribution is -0.0424. The summed E-state index contributed by atoms with van der Waals surface area (Å²) in [6.07, 6.45) is 1.91. The van der Waals surface area contributed by atoms with Gasteiger partial charge in [0, 0.05) is 19.6 Å². The van der Waals surface area contributed by atoms with Gasteiger partial charge in [-0.3, -0.25) is 0 Å². The number of rotatable bonds is 10. The summed E-state index contributed by atoms with van der Waals surface area (Å²) in [4.78, 5) is 0. The molecule has 0 radical (unpaired) electrons. The number of hydrogen-bond acceptors (Lipinski definition) is 3. The fraction of sp³-hybridized carbons (Fsp3) is 0.391. The van der Waals surface area contributed by atoms with Crippen molar-refractivity contribution in [3.05, 3.63) is 73.3 Å². The molecule has 0 aromatic heterocycles. The zero-order valence-corrected chi connectivity index (χ0v) is 18.0. The van der Waals surface area contributed by atoms with Gasteiger partial charge in [0.2, 0.25) is 0 Å². The number of hydrogen-bond donors (Lipinski definition) is 0. The van der Waals surface area contributed by atoms with E-state index in [1.807, 2.05) is 6.08 Å². The van der Waals surface area contributed by atoms with Gasteiger partial charge in [0.25, 0.3) is 8.32 Å². The fourth-order valence-electron chi connectivity index (χ4n) is 3.46. The molecule has 0 spiro atoms. The SMILES string of the molecule is C=C[C@H](COCOC)CO[Si](c1ccccc1)(c1ccccc1)C(C)(C)C. The van der Waals surface area contributed by atoms with Crippen LogP contribution in [0.2, 0.25) is 5.04 Å². The minimum Gasteiger partial charge on any atom is -0.407 e. The van der Waals surface area contributed by atoms with Crippen LogP contribution in [0.3, 0.4) is 0 Å². The highest BCUT2D eigenvalue weighted by Gasteiger charge is 2.50. The Morgan fingerprint density at radius 2 is 1.44 bits per heavy atom.